The number of aromatic nitrogens is 2. The molecular formula is C20H21BrClN3O3. The van der Waals surface area contributed by atoms with E-state index >= 15 is 0 Å². The van der Waals surface area contributed by atoms with E-state index in [0.717, 1.165) is 28.0 Å². The third-order valence-electron chi connectivity index (χ3n) is 4.22. The van der Waals surface area contributed by atoms with Crippen molar-refractivity contribution in [1.82, 2.24) is 14.7 Å². The molecule has 1 amide bonds. The molecule has 0 aliphatic carbocycles. The first-order valence-corrected chi connectivity index (χ1v) is 9.99. The second kappa shape index (κ2) is 8.84. The molecule has 0 radical (unpaired) electrons. The average molecular weight is 467 g/mol. The maximum Gasteiger partial charge on any atom is 0.289 e. The molecule has 3 rings (SSSR count). The van der Waals surface area contributed by atoms with Crippen LogP contribution in [0.3, 0.4) is 0 Å². The molecule has 3 aromatic rings. The SMILES string of the molecule is CCn1cc(Br)c(CN(C)C(=O)c2ccc(COc3ccc(Cl)cc3C)o2)n1. The maximum atomic E-state index is 12.6. The van der Waals surface area contributed by atoms with E-state index in [2.05, 4.69) is 21.0 Å². The Morgan fingerprint density at radius 3 is 2.82 bits per heavy atom. The van der Waals surface area contributed by atoms with Gasteiger partial charge < -0.3 is 14.1 Å². The van der Waals surface area contributed by atoms with Gasteiger partial charge in [-0.1, -0.05) is 11.6 Å². The number of furan rings is 1. The molecule has 0 spiro atoms. The monoisotopic (exact) mass is 465 g/mol. The lowest BCUT2D eigenvalue weighted by atomic mass is 10.2. The quantitative estimate of drug-likeness (QED) is 0.488. The van der Waals surface area contributed by atoms with Crippen molar-refractivity contribution in [1.29, 1.82) is 0 Å². The zero-order chi connectivity index (χ0) is 20.3. The fourth-order valence-corrected chi connectivity index (χ4v) is 3.35. The molecule has 2 heterocycles. The predicted octanol–water partition coefficient (Wildman–Crippen LogP) is 5.07. The van der Waals surface area contributed by atoms with Gasteiger partial charge in [0.05, 0.1) is 16.7 Å². The molecule has 2 aromatic heterocycles. The number of ether oxygens (including phenoxy) is 1. The van der Waals surface area contributed by atoms with E-state index in [1.54, 1.807) is 30.1 Å². The number of aryl methyl sites for hydroxylation is 2. The minimum Gasteiger partial charge on any atom is -0.485 e. The molecule has 0 saturated carbocycles. The smallest absolute Gasteiger partial charge is 0.289 e. The Morgan fingerprint density at radius 1 is 1.36 bits per heavy atom. The molecule has 0 aliphatic heterocycles. The molecule has 8 heteroatoms. The number of hydrogen-bond donors (Lipinski definition) is 0. The van der Waals surface area contributed by atoms with Gasteiger partial charge >= 0.3 is 0 Å². The summed E-state index contributed by atoms with van der Waals surface area (Å²) in [7, 11) is 1.72. The highest BCUT2D eigenvalue weighted by molar-refractivity contribution is 9.10. The molecule has 0 unspecified atom stereocenters. The second-order valence-electron chi connectivity index (χ2n) is 6.41. The lowest BCUT2D eigenvalue weighted by Gasteiger charge is -2.14. The minimum absolute atomic E-state index is 0.216. The summed E-state index contributed by atoms with van der Waals surface area (Å²) in [5.41, 5.74) is 1.73. The van der Waals surface area contributed by atoms with Gasteiger partial charge in [-0.2, -0.15) is 5.10 Å². The Bertz CT molecular complexity index is 983. The lowest BCUT2D eigenvalue weighted by Crippen LogP contribution is -2.26. The van der Waals surface area contributed by atoms with Gasteiger partial charge in [0, 0.05) is 24.8 Å². The minimum atomic E-state index is -0.216. The van der Waals surface area contributed by atoms with Gasteiger partial charge in [-0.25, -0.2) is 0 Å². The second-order valence-corrected chi connectivity index (χ2v) is 7.70. The largest absolute Gasteiger partial charge is 0.485 e. The van der Waals surface area contributed by atoms with Crippen LogP contribution in [0.25, 0.3) is 0 Å². The average Bonchev–Trinajstić information content (AvgIpc) is 3.27. The lowest BCUT2D eigenvalue weighted by molar-refractivity contribution is 0.0747. The van der Waals surface area contributed by atoms with Crippen LogP contribution in [-0.4, -0.2) is 27.6 Å². The third kappa shape index (κ3) is 4.77. The number of carbonyl (C=O) groups is 1. The molecular weight excluding hydrogens is 446 g/mol. The number of amides is 1. The Labute approximate surface area is 177 Å². The molecule has 0 aliphatic rings. The van der Waals surface area contributed by atoms with E-state index in [9.17, 15) is 4.79 Å². The first-order valence-electron chi connectivity index (χ1n) is 8.82. The van der Waals surface area contributed by atoms with Crippen LogP contribution in [-0.2, 0) is 19.7 Å². The number of nitrogens with zero attached hydrogens (tertiary/aromatic N) is 3. The third-order valence-corrected chi connectivity index (χ3v) is 5.12. The summed E-state index contributed by atoms with van der Waals surface area (Å²) >= 11 is 9.43. The maximum absolute atomic E-state index is 12.6. The normalized spacial score (nSPS) is 10.9. The molecule has 1 aromatic carbocycles. The first kappa shape index (κ1) is 20.5. The van der Waals surface area contributed by atoms with Crippen molar-refractivity contribution in [3.8, 4) is 5.75 Å². The van der Waals surface area contributed by atoms with E-state index in [4.69, 9.17) is 20.8 Å². The van der Waals surface area contributed by atoms with Gasteiger partial charge in [-0.15, -0.1) is 0 Å². The van der Waals surface area contributed by atoms with E-state index in [1.165, 1.54) is 0 Å². The van der Waals surface area contributed by atoms with Gasteiger partial charge in [0.25, 0.3) is 5.91 Å². The molecule has 6 nitrogen and oxygen atoms in total. The molecule has 0 fully saturated rings. The van der Waals surface area contributed by atoms with E-state index in [1.807, 2.05) is 36.9 Å². The van der Waals surface area contributed by atoms with Crippen molar-refractivity contribution in [2.45, 2.75) is 33.5 Å². The fraction of sp³-hybridized carbons (Fsp3) is 0.300. The Morgan fingerprint density at radius 2 is 2.14 bits per heavy atom. The fourth-order valence-electron chi connectivity index (χ4n) is 2.68. The van der Waals surface area contributed by atoms with Crippen molar-refractivity contribution < 1.29 is 13.9 Å². The highest BCUT2D eigenvalue weighted by Crippen LogP contribution is 2.23. The first-order chi connectivity index (χ1) is 13.4. The van der Waals surface area contributed by atoms with Crippen LogP contribution in [0.2, 0.25) is 5.02 Å². The van der Waals surface area contributed by atoms with Crippen molar-refractivity contribution in [3.63, 3.8) is 0 Å². The number of benzene rings is 1. The van der Waals surface area contributed by atoms with E-state index in [-0.39, 0.29) is 18.3 Å². The van der Waals surface area contributed by atoms with Crippen LogP contribution >= 0.6 is 27.5 Å². The van der Waals surface area contributed by atoms with Gasteiger partial charge in [0.2, 0.25) is 0 Å². The highest BCUT2D eigenvalue weighted by atomic mass is 79.9. The molecule has 0 N–H and O–H groups in total. The Hall–Kier alpha value is -2.25. The molecule has 0 atom stereocenters. The summed E-state index contributed by atoms with van der Waals surface area (Å²) < 4.78 is 14.1. The van der Waals surface area contributed by atoms with E-state index in [0.29, 0.717) is 17.3 Å². The number of hydrogen-bond acceptors (Lipinski definition) is 4. The van der Waals surface area contributed by atoms with Crippen LogP contribution in [0.15, 0.2) is 45.4 Å². The van der Waals surface area contributed by atoms with Crippen molar-refractivity contribution in [3.05, 3.63) is 68.8 Å². The Kier molecular flexibility index (Phi) is 6.46. The number of rotatable bonds is 7. The summed E-state index contributed by atoms with van der Waals surface area (Å²) in [5, 5.41) is 5.10. The highest BCUT2D eigenvalue weighted by Gasteiger charge is 2.19. The van der Waals surface area contributed by atoms with Crippen LogP contribution in [0.4, 0.5) is 0 Å². The van der Waals surface area contributed by atoms with Crippen molar-refractivity contribution >= 4 is 33.4 Å². The molecule has 0 saturated heterocycles. The van der Waals surface area contributed by atoms with Crippen molar-refractivity contribution in [2.24, 2.45) is 0 Å². The number of carbonyl (C=O) groups excluding carboxylic acids is 1. The van der Waals surface area contributed by atoms with Crippen molar-refractivity contribution in [2.75, 3.05) is 7.05 Å². The number of halogens is 2. The van der Waals surface area contributed by atoms with E-state index < -0.39 is 0 Å². The van der Waals surface area contributed by atoms with Crippen LogP contribution < -0.4 is 4.74 Å². The summed E-state index contributed by atoms with van der Waals surface area (Å²) in [6, 6.07) is 8.82. The zero-order valence-corrected chi connectivity index (χ0v) is 18.2. The van der Waals surface area contributed by atoms with Gasteiger partial charge in [-0.05, 0) is 65.7 Å². The van der Waals surface area contributed by atoms with Crippen LogP contribution in [0, 0.1) is 6.92 Å². The summed E-state index contributed by atoms with van der Waals surface area (Å²) in [5.74, 6) is 1.34. The Balaban J connectivity index is 1.62. The topological polar surface area (TPSA) is 60.5 Å². The summed E-state index contributed by atoms with van der Waals surface area (Å²) in [4.78, 5) is 14.2. The van der Waals surface area contributed by atoms with Crippen LogP contribution in [0.1, 0.15) is 34.5 Å². The zero-order valence-electron chi connectivity index (χ0n) is 15.9. The summed E-state index contributed by atoms with van der Waals surface area (Å²) in [6.45, 7) is 5.31. The van der Waals surface area contributed by atoms with Gasteiger partial charge in [0.15, 0.2) is 5.76 Å². The van der Waals surface area contributed by atoms with Gasteiger partial charge in [0.1, 0.15) is 18.1 Å². The molecule has 28 heavy (non-hydrogen) atoms. The summed E-state index contributed by atoms with van der Waals surface area (Å²) in [6.07, 6.45) is 1.90. The molecule has 0 bridgehead atoms. The van der Waals surface area contributed by atoms with Crippen LogP contribution in [0.5, 0.6) is 5.75 Å². The molecule has 148 valence electrons. The predicted molar refractivity (Wildman–Crippen MR) is 111 cm³/mol. The standard InChI is InChI=1S/C20H21BrClN3O3/c1-4-25-10-16(21)17(23-25)11-24(3)20(26)19-8-6-15(28-19)12-27-18-7-5-14(22)9-13(18)2/h5-10H,4,11-12H2,1-3H3. The van der Waals surface area contributed by atoms with Gasteiger partial charge in [-0.3, -0.25) is 9.48 Å².